The van der Waals surface area contributed by atoms with E-state index in [1.54, 1.807) is 18.2 Å². The minimum Gasteiger partial charge on any atom is -0.404 e. The number of hydrogen-bond donors (Lipinski definition) is 1. The average Bonchev–Trinajstić information content (AvgIpc) is 2.95. The molecule has 0 saturated carbocycles. The Kier molecular flexibility index (Phi) is 8.01. The number of amides is 1. The van der Waals surface area contributed by atoms with Crippen LogP contribution in [-0.4, -0.2) is 61.7 Å². The van der Waals surface area contributed by atoms with E-state index in [1.807, 2.05) is 4.90 Å². The molecule has 42 heavy (non-hydrogen) atoms. The van der Waals surface area contributed by atoms with Gasteiger partial charge in [0, 0.05) is 49.9 Å². The molecule has 14 heteroatoms. The Bertz CT molecular complexity index is 1740. The number of carbonyl (C=O) groups excluding carboxylic acids is 1. The van der Waals surface area contributed by atoms with Gasteiger partial charge < -0.3 is 9.64 Å². The SMILES string of the molecule is O=C(c1ccc(NS(=O)(=O)c2cccc3cccnc23)c(OC(F)(F)F)c1)N1CCN(Cc2ccc(F)c(F)c2)CC1. The van der Waals surface area contributed by atoms with Crippen molar-refractivity contribution in [1.29, 1.82) is 0 Å². The number of ether oxygens (including phenoxy) is 1. The zero-order valence-electron chi connectivity index (χ0n) is 21.7. The maximum atomic E-state index is 13.5. The van der Waals surface area contributed by atoms with Crippen molar-refractivity contribution in [1.82, 2.24) is 14.8 Å². The first-order valence-electron chi connectivity index (χ1n) is 12.6. The zero-order valence-corrected chi connectivity index (χ0v) is 22.6. The molecule has 0 radical (unpaired) electrons. The van der Waals surface area contributed by atoms with E-state index in [-0.39, 0.29) is 29.1 Å². The van der Waals surface area contributed by atoms with Crippen molar-refractivity contribution in [2.75, 3.05) is 30.9 Å². The maximum Gasteiger partial charge on any atom is 0.573 e. The number of nitrogens with one attached hydrogen (secondary N) is 1. The van der Waals surface area contributed by atoms with Gasteiger partial charge >= 0.3 is 6.36 Å². The molecule has 4 aromatic rings. The van der Waals surface area contributed by atoms with Crippen LogP contribution in [0.15, 0.2) is 77.8 Å². The number of para-hydroxylation sites is 1. The van der Waals surface area contributed by atoms with E-state index in [1.165, 1.54) is 35.4 Å². The number of sulfonamides is 1. The third kappa shape index (κ3) is 6.60. The van der Waals surface area contributed by atoms with E-state index in [2.05, 4.69) is 14.4 Å². The molecule has 8 nitrogen and oxygen atoms in total. The summed E-state index contributed by atoms with van der Waals surface area (Å²) < 4.78 is 99.2. The molecule has 1 aromatic heterocycles. The van der Waals surface area contributed by atoms with Crippen LogP contribution in [0.2, 0.25) is 0 Å². The van der Waals surface area contributed by atoms with Gasteiger partial charge in [0.15, 0.2) is 17.4 Å². The highest BCUT2D eigenvalue weighted by Gasteiger charge is 2.34. The van der Waals surface area contributed by atoms with Crippen LogP contribution in [0.4, 0.5) is 27.6 Å². The summed E-state index contributed by atoms with van der Waals surface area (Å²) in [7, 11) is -4.41. The number of pyridine rings is 1. The third-order valence-corrected chi connectivity index (χ3v) is 8.03. The van der Waals surface area contributed by atoms with Gasteiger partial charge in [-0.05, 0) is 48.0 Å². The van der Waals surface area contributed by atoms with E-state index in [4.69, 9.17) is 0 Å². The van der Waals surface area contributed by atoms with Crippen LogP contribution in [0.5, 0.6) is 5.75 Å². The van der Waals surface area contributed by atoms with Gasteiger partial charge in [-0.1, -0.05) is 24.3 Å². The molecule has 5 rings (SSSR count). The van der Waals surface area contributed by atoms with E-state index in [9.17, 15) is 35.2 Å². The van der Waals surface area contributed by atoms with Crippen molar-refractivity contribution < 1.29 is 39.9 Å². The number of halogens is 5. The monoisotopic (exact) mass is 606 g/mol. The molecule has 1 saturated heterocycles. The molecule has 220 valence electrons. The van der Waals surface area contributed by atoms with Gasteiger partial charge in [-0.25, -0.2) is 17.2 Å². The highest BCUT2D eigenvalue weighted by molar-refractivity contribution is 7.93. The lowest BCUT2D eigenvalue weighted by atomic mass is 10.1. The van der Waals surface area contributed by atoms with Crippen LogP contribution in [-0.2, 0) is 16.6 Å². The van der Waals surface area contributed by atoms with Gasteiger partial charge in [0.05, 0.1) is 11.2 Å². The van der Waals surface area contributed by atoms with Crippen LogP contribution < -0.4 is 9.46 Å². The molecule has 1 fully saturated rings. The van der Waals surface area contributed by atoms with E-state index >= 15 is 0 Å². The molecular weight excluding hydrogens is 583 g/mol. The summed E-state index contributed by atoms with van der Waals surface area (Å²) in [6, 6.07) is 14.3. The Morgan fingerprint density at radius 2 is 1.67 bits per heavy atom. The van der Waals surface area contributed by atoms with Gasteiger partial charge in [-0.2, -0.15) is 0 Å². The molecule has 1 aliphatic rings. The van der Waals surface area contributed by atoms with E-state index < -0.39 is 45.4 Å². The number of nitrogens with zero attached hydrogens (tertiary/aromatic N) is 3. The van der Waals surface area contributed by atoms with Crippen LogP contribution in [0, 0.1) is 11.6 Å². The molecule has 3 aromatic carbocycles. The average molecular weight is 607 g/mol. The fraction of sp³-hybridized carbons (Fsp3) is 0.214. The lowest BCUT2D eigenvalue weighted by Crippen LogP contribution is -2.48. The van der Waals surface area contributed by atoms with Crippen molar-refractivity contribution >= 4 is 32.5 Å². The second kappa shape index (κ2) is 11.5. The Labute approximate surface area is 237 Å². The van der Waals surface area contributed by atoms with E-state index in [0.29, 0.717) is 30.6 Å². The first-order valence-corrected chi connectivity index (χ1v) is 14.1. The molecule has 0 unspecified atom stereocenters. The van der Waals surface area contributed by atoms with Crippen molar-refractivity contribution in [3.8, 4) is 5.75 Å². The van der Waals surface area contributed by atoms with Crippen LogP contribution in [0.25, 0.3) is 10.9 Å². The quantitative estimate of drug-likeness (QED) is 0.292. The number of benzene rings is 3. The molecule has 1 aliphatic heterocycles. The van der Waals surface area contributed by atoms with E-state index in [0.717, 1.165) is 24.3 Å². The number of aromatic nitrogens is 1. The zero-order chi connectivity index (χ0) is 30.1. The molecule has 0 bridgehead atoms. The van der Waals surface area contributed by atoms with Crippen LogP contribution in [0.3, 0.4) is 0 Å². The first-order chi connectivity index (χ1) is 19.9. The van der Waals surface area contributed by atoms with Crippen LogP contribution >= 0.6 is 0 Å². The number of anilines is 1. The smallest absolute Gasteiger partial charge is 0.404 e. The number of rotatable bonds is 7. The maximum absolute atomic E-state index is 13.5. The topological polar surface area (TPSA) is 91.8 Å². The summed E-state index contributed by atoms with van der Waals surface area (Å²) in [4.78, 5) is 20.3. The Hall–Kier alpha value is -4.30. The molecule has 0 atom stereocenters. The molecule has 2 heterocycles. The second-order valence-corrected chi connectivity index (χ2v) is 11.2. The first kappa shape index (κ1) is 29.2. The van der Waals surface area contributed by atoms with Gasteiger partial charge in [0.2, 0.25) is 0 Å². The lowest BCUT2D eigenvalue weighted by Gasteiger charge is -2.35. The standard InChI is InChI=1S/C28H23F5N4O4S/c29-21-8-6-18(15-22(21)30)17-36-11-13-37(14-12-36)27(38)20-7-9-23(24(16-20)41-28(31,32)33)35-42(39,40)25-5-1-3-19-4-2-10-34-26(19)25/h1-10,15-16,35H,11-14,17H2. The van der Waals surface area contributed by atoms with Crippen molar-refractivity contribution in [2.45, 2.75) is 17.8 Å². The second-order valence-electron chi connectivity index (χ2n) is 9.51. The summed E-state index contributed by atoms with van der Waals surface area (Å²) in [6.45, 7) is 1.53. The van der Waals surface area contributed by atoms with Gasteiger partial charge in [-0.3, -0.25) is 19.4 Å². The predicted molar refractivity (Wildman–Crippen MR) is 143 cm³/mol. The minimum absolute atomic E-state index is 0.126. The Balaban J connectivity index is 1.33. The minimum atomic E-state index is -5.17. The summed E-state index contributed by atoms with van der Waals surface area (Å²) >= 11 is 0. The number of alkyl halides is 3. The van der Waals surface area contributed by atoms with Gasteiger partial charge in [0.25, 0.3) is 15.9 Å². The highest BCUT2D eigenvalue weighted by Crippen LogP contribution is 2.34. The normalized spacial score (nSPS) is 14.6. The van der Waals surface area contributed by atoms with Crippen molar-refractivity contribution in [3.05, 3.63) is 95.7 Å². The lowest BCUT2D eigenvalue weighted by molar-refractivity contribution is -0.274. The number of fused-ring (bicyclic) bond motifs is 1. The molecular formula is C28H23F5N4O4S. The van der Waals surface area contributed by atoms with Crippen LogP contribution in [0.1, 0.15) is 15.9 Å². The fourth-order valence-electron chi connectivity index (χ4n) is 4.63. The fourth-order valence-corrected chi connectivity index (χ4v) is 5.88. The molecule has 0 aliphatic carbocycles. The van der Waals surface area contributed by atoms with Gasteiger partial charge in [-0.15, -0.1) is 13.2 Å². The highest BCUT2D eigenvalue weighted by atomic mass is 32.2. The molecule has 1 N–H and O–H groups in total. The number of piperazine rings is 1. The predicted octanol–water partition coefficient (Wildman–Crippen LogP) is 5.17. The molecule has 1 amide bonds. The summed E-state index contributed by atoms with van der Waals surface area (Å²) in [6.07, 6.45) is -3.78. The van der Waals surface area contributed by atoms with Gasteiger partial charge in [0.1, 0.15) is 4.90 Å². The number of carbonyl (C=O) groups is 1. The van der Waals surface area contributed by atoms with Crippen molar-refractivity contribution in [3.63, 3.8) is 0 Å². The third-order valence-electron chi connectivity index (χ3n) is 6.63. The van der Waals surface area contributed by atoms with Crippen molar-refractivity contribution in [2.24, 2.45) is 0 Å². The summed E-state index contributed by atoms with van der Waals surface area (Å²) in [5.74, 6) is -3.39. The Morgan fingerprint density at radius 3 is 2.38 bits per heavy atom. The number of hydrogen-bond acceptors (Lipinski definition) is 6. The Morgan fingerprint density at radius 1 is 0.929 bits per heavy atom. The molecule has 0 spiro atoms. The largest absolute Gasteiger partial charge is 0.573 e. The summed E-state index contributed by atoms with van der Waals surface area (Å²) in [5.41, 5.74) is 0.0208. The summed E-state index contributed by atoms with van der Waals surface area (Å²) in [5, 5.41) is 0.512.